The highest BCUT2D eigenvalue weighted by Gasteiger charge is 2.28. The van der Waals surface area contributed by atoms with Crippen molar-refractivity contribution in [3.63, 3.8) is 0 Å². The minimum absolute atomic E-state index is 1.12. The molecule has 12 aromatic heterocycles. The van der Waals surface area contributed by atoms with Crippen LogP contribution >= 0.6 is 263 Å². The van der Waals surface area contributed by atoms with Crippen molar-refractivity contribution >= 4 is 332 Å². The van der Waals surface area contributed by atoms with Crippen molar-refractivity contribution in [2.75, 3.05) is 0 Å². The van der Waals surface area contributed by atoms with Crippen molar-refractivity contribution in [2.24, 2.45) is 0 Å². The van der Waals surface area contributed by atoms with Gasteiger partial charge in [-0.25, -0.2) is 0 Å². The van der Waals surface area contributed by atoms with Crippen molar-refractivity contribution in [3.8, 4) is 62.7 Å². The average molecular weight is 1620 g/mol. The van der Waals surface area contributed by atoms with Gasteiger partial charge in [0, 0.05) is 28.6 Å². The van der Waals surface area contributed by atoms with E-state index in [9.17, 15) is 0 Å². The Morgan fingerprint density at radius 2 is 0.574 bits per heavy atom. The van der Waals surface area contributed by atoms with E-state index in [1.807, 2.05) is 127 Å². The van der Waals surface area contributed by atoms with Crippen LogP contribution in [0.1, 0.15) is 47.2 Å². The molecule has 12 rings (SSSR count). The zero-order valence-corrected chi connectivity index (χ0v) is 57.0. The Morgan fingerprint density at radius 3 is 0.824 bits per heavy atom. The van der Waals surface area contributed by atoms with E-state index in [4.69, 9.17) is 0 Å². The molecule has 0 atom stereocenters. The SMILES string of the molecule is C/C=C/c1cc2sc(-c3sc4c(Br)c(-c5sc6cc(/C=C/C)sc6c5Br)sc4c3Br)c(Br)c2s1.CC#Cc1cc2sc(-c3sc4c(Br)c(-c5sc6cc(C#CC)sc6c5Br)sc4c3Br)c(Br)c2s1. The van der Waals surface area contributed by atoms with E-state index in [1.165, 1.54) is 141 Å². The third-order valence-corrected chi connectivity index (χ3v) is 35.8. The predicted octanol–water partition coefficient (Wildman–Crippen LogP) is 26.6. The van der Waals surface area contributed by atoms with Crippen LogP contribution < -0.4 is 0 Å². The molecule has 12 heterocycles. The molecule has 0 aliphatic carbocycles. The van der Waals surface area contributed by atoms with E-state index >= 15 is 0 Å². The standard InChI is InChI=1S/C24H12Br4S6.C24H8Br4S6/c2*1-3-5-9-7-11-17(29-9)13(25)19(31-11)21-15(27)23-24(33-21)16(28)22(34-23)20-14(26)18-12(32-20)8-10(30-18)6-4-2/h3-8H,1-2H3;7-8H,1-2H3/b5-3+,6-4+;. The largest absolute Gasteiger partial charge is 0.134 e. The summed E-state index contributed by atoms with van der Waals surface area (Å²) in [5, 5.41) is 0. The lowest BCUT2D eigenvalue weighted by molar-refractivity contribution is 1.79. The fourth-order valence-corrected chi connectivity index (χ4v) is 31.4. The van der Waals surface area contributed by atoms with Crippen LogP contribution in [0.3, 0.4) is 0 Å². The molecule has 0 N–H and O–H groups in total. The van der Waals surface area contributed by atoms with Gasteiger partial charge in [-0.15, -0.1) is 148 Å². The molecule has 0 aliphatic heterocycles. The van der Waals surface area contributed by atoms with Crippen LogP contribution in [-0.2, 0) is 0 Å². The molecule has 20 heteroatoms. The second-order valence-electron chi connectivity index (χ2n) is 14.3. The van der Waals surface area contributed by atoms with Gasteiger partial charge in [0.05, 0.1) is 122 Å². The van der Waals surface area contributed by atoms with Gasteiger partial charge in [-0.1, -0.05) is 24.0 Å². The van der Waals surface area contributed by atoms with E-state index in [2.05, 4.69) is 214 Å². The summed E-state index contributed by atoms with van der Waals surface area (Å²) < 4.78 is 25.1. The summed E-state index contributed by atoms with van der Waals surface area (Å²) in [5.74, 6) is 12.4. The Morgan fingerprint density at radius 1 is 0.324 bits per heavy atom. The summed E-state index contributed by atoms with van der Waals surface area (Å²) in [6.45, 7) is 7.89. The number of halogens is 8. The van der Waals surface area contributed by atoms with Crippen molar-refractivity contribution in [1.82, 2.24) is 0 Å². The molecule has 0 aliphatic rings. The van der Waals surface area contributed by atoms with Crippen molar-refractivity contribution in [2.45, 2.75) is 27.7 Å². The van der Waals surface area contributed by atoms with E-state index < -0.39 is 0 Å². The minimum atomic E-state index is 1.12. The normalized spacial score (nSPS) is 12.1. The molecule has 340 valence electrons. The van der Waals surface area contributed by atoms with Crippen molar-refractivity contribution < 1.29 is 0 Å². The molecule has 0 aromatic carbocycles. The number of thiophene rings is 12. The molecule has 12 aromatic rings. The van der Waals surface area contributed by atoms with E-state index in [1.54, 1.807) is 22.7 Å². The number of fused-ring (bicyclic) bond motifs is 6. The second-order valence-corrected chi connectivity index (χ2v) is 33.2. The van der Waals surface area contributed by atoms with Crippen LogP contribution in [0.4, 0.5) is 0 Å². The van der Waals surface area contributed by atoms with E-state index in [0.29, 0.717) is 0 Å². The highest BCUT2D eigenvalue weighted by atomic mass is 79.9. The lowest BCUT2D eigenvalue weighted by atomic mass is 10.3. The van der Waals surface area contributed by atoms with Gasteiger partial charge in [0.25, 0.3) is 0 Å². The van der Waals surface area contributed by atoms with Crippen LogP contribution in [0.25, 0.3) is 108 Å². The molecule has 0 saturated carbocycles. The third kappa shape index (κ3) is 8.73. The monoisotopic (exact) mass is 1610 g/mol. The molecule has 0 radical (unpaired) electrons. The van der Waals surface area contributed by atoms with E-state index in [0.717, 1.165) is 9.75 Å². The predicted molar refractivity (Wildman–Crippen MR) is 350 cm³/mol. The minimum Gasteiger partial charge on any atom is -0.134 e. The Kier molecular flexibility index (Phi) is 15.2. The van der Waals surface area contributed by atoms with Crippen molar-refractivity contribution in [3.05, 3.63) is 91.7 Å². The van der Waals surface area contributed by atoms with Gasteiger partial charge in [0.15, 0.2) is 0 Å². The van der Waals surface area contributed by atoms with Gasteiger partial charge in [0.2, 0.25) is 0 Å². The quantitative estimate of drug-likeness (QED) is 0.146. The highest BCUT2D eigenvalue weighted by molar-refractivity contribution is 9.12. The van der Waals surface area contributed by atoms with Gasteiger partial charge in [0.1, 0.15) is 0 Å². The molecule has 0 unspecified atom stereocenters. The first kappa shape index (κ1) is 50.6. The van der Waals surface area contributed by atoms with Crippen LogP contribution in [0.2, 0.25) is 0 Å². The first-order valence-electron chi connectivity index (χ1n) is 19.6. The molecular weight excluding hydrogens is 1600 g/mol. The molecule has 68 heavy (non-hydrogen) atoms. The van der Waals surface area contributed by atoms with Crippen LogP contribution in [0.15, 0.2) is 72.2 Å². The second kappa shape index (κ2) is 20.5. The fourth-order valence-electron chi connectivity index (χ4n) is 7.27. The number of hydrogen-bond donors (Lipinski definition) is 0. The maximum Gasteiger partial charge on any atom is 0.0789 e. The van der Waals surface area contributed by atoms with Crippen molar-refractivity contribution in [1.29, 1.82) is 0 Å². The summed E-state index contributed by atoms with van der Waals surface area (Å²) in [7, 11) is 0. The molecule has 0 saturated heterocycles. The first-order valence-corrected chi connectivity index (χ1v) is 35.8. The van der Waals surface area contributed by atoms with Gasteiger partial charge in [-0.2, -0.15) is 0 Å². The Bertz CT molecular complexity index is 3940. The van der Waals surface area contributed by atoms with Crippen LogP contribution in [-0.4, -0.2) is 0 Å². The van der Waals surface area contributed by atoms with Gasteiger partial charge < -0.3 is 0 Å². The number of hydrogen-bond acceptors (Lipinski definition) is 12. The summed E-state index contributed by atoms with van der Waals surface area (Å²) in [6.07, 6.45) is 8.54. The Labute approximate surface area is 505 Å². The third-order valence-electron chi connectivity index (χ3n) is 10.1. The smallest absolute Gasteiger partial charge is 0.0789 e. The Balaban J connectivity index is 0.000000149. The van der Waals surface area contributed by atoms with Gasteiger partial charge in [-0.05, 0) is 192 Å². The average Bonchev–Trinajstić information content (AvgIpc) is 4.17. The lowest BCUT2D eigenvalue weighted by Crippen LogP contribution is -1.69. The van der Waals surface area contributed by atoms with E-state index in [-0.39, 0.29) is 0 Å². The summed E-state index contributed by atoms with van der Waals surface area (Å²) >= 11 is 53.4. The highest BCUT2D eigenvalue weighted by Crippen LogP contribution is 2.61. The zero-order valence-electron chi connectivity index (χ0n) is 34.5. The summed E-state index contributed by atoms with van der Waals surface area (Å²) in [5.41, 5.74) is 0. The first-order chi connectivity index (χ1) is 32.8. The van der Waals surface area contributed by atoms with Gasteiger partial charge >= 0.3 is 0 Å². The summed E-state index contributed by atoms with van der Waals surface area (Å²) in [6, 6.07) is 8.98. The topological polar surface area (TPSA) is 0 Å². The number of allylic oxidation sites excluding steroid dienone is 2. The lowest BCUT2D eigenvalue weighted by Gasteiger charge is -1.98. The molecule has 0 nitrogen and oxygen atoms in total. The molecular formula is C48H20Br8S12. The molecule has 0 spiro atoms. The number of rotatable bonds is 6. The van der Waals surface area contributed by atoms with Crippen LogP contribution in [0.5, 0.6) is 0 Å². The maximum atomic E-state index is 3.96. The maximum absolute atomic E-state index is 3.96. The molecule has 0 bridgehead atoms. The fraction of sp³-hybridized carbons (Fsp3) is 0.0833. The molecule has 0 fully saturated rings. The van der Waals surface area contributed by atoms with Gasteiger partial charge in [-0.3, -0.25) is 0 Å². The summed E-state index contributed by atoms with van der Waals surface area (Å²) in [4.78, 5) is 15.1. The molecule has 0 amide bonds. The van der Waals surface area contributed by atoms with Crippen LogP contribution in [0, 0.1) is 23.7 Å². The Hall–Kier alpha value is 0.400. The zero-order chi connectivity index (χ0) is 47.4.